The van der Waals surface area contributed by atoms with Crippen LogP contribution in [0, 0.1) is 77.0 Å². The summed E-state index contributed by atoms with van der Waals surface area (Å²) in [5.74, 6) is 7.52. The van der Waals surface area contributed by atoms with Gasteiger partial charge in [-0.3, -0.25) is 14.4 Å². The smallest absolute Gasteiger partial charge is 0.141 e. The summed E-state index contributed by atoms with van der Waals surface area (Å²) in [7, 11) is 19.0. The molecule has 15 nitrogen and oxygen atoms in total. The number of carbonyl (C=O) groups is 3. The SMILES string of the molecule is COc1cc([CH][CH]C(=O)[CH][CH]c2cc(OC)cc(OC)c2)cc(OC)c1.COc1cc([CH][CH]C(=O)[CH][CH]c2cc(OC)cc(OC)c2)cc(OC)c1.COc1cc([CH][CH]C(=O)[CH][CH]c2cc(OC)cc(OC)c2)cc(OC)c1.[Pd].[Pd]. The molecule has 0 N–H and O–H groups in total. The van der Waals surface area contributed by atoms with Gasteiger partial charge in [0.2, 0.25) is 0 Å². The van der Waals surface area contributed by atoms with E-state index in [0.717, 1.165) is 33.4 Å². The summed E-state index contributed by atoms with van der Waals surface area (Å²) in [6.07, 6.45) is 19.2. The molecule has 0 spiro atoms. The van der Waals surface area contributed by atoms with Gasteiger partial charge in [0, 0.05) is 154 Å². The van der Waals surface area contributed by atoms with Crippen LogP contribution in [0.3, 0.4) is 0 Å². The molecule has 12 radical (unpaired) electrons. The summed E-state index contributed by atoms with van der Waals surface area (Å²) in [5, 5.41) is 0. The monoisotopic (exact) mass is 1270 g/mol. The third kappa shape index (κ3) is 24.7. The van der Waals surface area contributed by atoms with Crippen LogP contribution in [-0.2, 0) is 55.2 Å². The Kier molecular flexibility index (Phi) is 32.9. The van der Waals surface area contributed by atoms with E-state index in [-0.39, 0.29) is 58.2 Å². The molecular weight excluding hydrogens is 1210 g/mol. The van der Waals surface area contributed by atoms with E-state index in [0.29, 0.717) is 69.0 Å². The van der Waals surface area contributed by atoms with Crippen molar-refractivity contribution < 1.29 is 112 Å². The van der Waals surface area contributed by atoms with Crippen LogP contribution in [0.1, 0.15) is 33.4 Å². The number of methoxy groups -OCH3 is 12. The van der Waals surface area contributed by atoms with Gasteiger partial charge in [-0.15, -0.1) is 0 Å². The number of Topliss-reactive ketones (excluding diaryl/α,β-unsaturated/α-hetero) is 3. The summed E-state index contributed by atoms with van der Waals surface area (Å²) in [6.45, 7) is 0. The molecule has 80 heavy (non-hydrogen) atoms. The van der Waals surface area contributed by atoms with Gasteiger partial charge in [0.15, 0.2) is 0 Å². The average Bonchev–Trinajstić information content (AvgIpc) is 3.49. The fraction of sp³-hybridized carbons (Fsp3) is 0.190. The normalized spacial score (nSPS) is 10.1. The van der Waals surface area contributed by atoms with Gasteiger partial charge in [-0.05, 0) is 106 Å². The molecule has 0 saturated carbocycles. The van der Waals surface area contributed by atoms with Crippen LogP contribution in [0.2, 0.25) is 0 Å². The number of hydrogen-bond acceptors (Lipinski definition) is 15. The molecule has 428 valence electrons. The maximum atomic E-state index is 12.1. The minimum atomic E-state index is -0.145. The molecular formula is C63H66O15Pd2. The minimum Gasteiger partial charge on any atom is -0.497 e. The molecule has 17 heteroatoms. The molecule has 0 saturated heterocycles. The van der Waals surface area contributed by atoms with E-state index >= 15 is 0 Å². The van der Waals surface area contributed by atoms with Crippen molar-refractivity contribution in [3.63, 3.8) is 0 Å². The first-order chi connectivity index (χ1) is 37.7. The molecule has 0 bridgehead atoms. The van der Waals surface area contributed by atoms with E-state index in [2.05, 4.69) is 0 Å². The van der Waals surface area contributed by atoms with Gasteiger partial charge in [-0.25, -0.2) is 0 Å². The van der Waals surface area contributed by atoms with E-state index < -0.39 is 0 Å². The van der Waals surface area contributed by atoms with Crippen molar-refractivity contribution in [1.29, 1.82) is 0 Å². The Balaban J connectivity index is 0.000000405. The third-order valence-electron chi connectivity index (χ3n) is 10.9. The summed E-state index contributed by atoms with van der Waals surface area (Å²) in [5.41, 5.74) is 4.87. The molecule has 6 rings (SSSR count). The molecule has 0 aliphatic heterocycles. The Morgan fingerprint density at radius 2 is 0.312 bits per heavy atom. The van der Waals surface area contributed by atoms with E-state index in [1.165, 1.54) is 38.5 Å². The van der Waals surface area contributed by atoms with Gasteiger partial charge < -0.3 is 56.8 Å². The first-order valence-corrected chi connectivity index (χ1v) is 23.8. The van der Waals surface area contributed by atoms with Crippen molar-refractivity contribution in [2.75, 3.05) is 85.3 Å². The zero-order valence-corrected chi connectivity index (χ0v) is 49.7. The number of ketones is 3. The van der Waals surface area contributed by atoms with Crippen LogP contribution in [0.15, 0.2) is 109 Å². The van der Waals surface area contributed by atoms with Gasteiger partial charge in [0.25, 0.3) is 0 Å². The van der Waals surface area contributed by atoms with Gasteiger partial charge in [0.1, 0.15) is 86.3 Å². The zero-order valence-electron chi connectivity index (χ0n) is 46.6. The number of rotatable bonds is 30. The second-order valence-electron chi connectivity index (χ2n) is 16.1. The summed E-state index contributed by atoms with van der Waals surface area (Å²) in [4.78, 5) is 36.3. The Bertz CT molecular complexity index is 2210. The second kappa shape index (κ2) is 38.0. The fourth-order valence-corrected chi connectivity index (χ4v) is 6.79. The second-order valence-corrected chi connectivity index (χ2v) is 16.1. The maximum absolute atomic E-state index is 12.1. The van der Waals surface area contributed by atoms with Crippen LogP contribution in [0.4, 0.5) is 0 Å². The van der Waals surface area contributed by atoms with Gasteiger partial charge in [0.05, 0.1) is 85.3 Å². The molecule has 0 aliphatic rings. The summed E-state index contributed by atoms with van der Waals surface area (Å²) >= 11 is 0. The zero-order chi connectivity index (χ0) is 56.8. The first-order valence-electron chi connectivity index (χ1n) is 23.8. The van der Waals surface area contributed by atoms with Crippen molar-refractivity contribution >= 4 is 17.3 Å². The predicted molar refractivity (Wildman–Crippen MR) is 299 cm³/mol. The van der Waals surface area contributed by atoms with Gasteiger partial charge in [-0.1, -0.05) is 0 Å². The van der Waals surface area contributed by atoms with Crippen LogP contribution < -0.4 is 56.8 Å². The summed E-state index contributed by atoms with van der Waals surface area (Å²) < 4.78 is 62.6. The Morgan fingerprint density at radius 3 is 0.400 bits per heavy atom. The van der Waals surface area contributed by atoms with E-state index in [1.54, 1.807) is 160 Å². The fourth-order valence-electron chi connectivity index (χ4n) is 6.79. The van der Waals surface area contributed by atoms with Gasteiger partial charge in [-0.2, -0.15) is 0 Å². The third-order valence-corrected chi connectivity index (χ3v) is 10.9. The number of ether oxygens (including phenoxy) is 12. The van der Waals surface area contributed by atoms with Crippen LogP contribution in [0.25, 0.3) is 0 Å². The molecule has 0 heterocycles. The molecule has 0 unspecified atom stereocenters. The molecule has 0 fully saturated rings. The van der Waals surface area contributed by atoms with E-state index in [9.17, 15) is 14.4 Å². The molecule has 0 atom stereocenters. The number of carbonyl (C=O) groups excluding carboxylic acids is 3. The van der Waals surface area contributed by atoms with Crippen molar-refractivity contribution in [3.8, 4) is 69.0 Å². The minimum absolute atomic E-state index is 0. The average molecular weight is 1280 g/mol. The summed E-state index contributed by atoms with van der Waals surface area (Å²) in [6, 6.07) is 32.5. The Labute approximate surface area is 500 Å². The van der Waals surface area contributed by atoms with Crippen molar-refractivity contribution in [1.82, 2.24) is 0 Å². The first kappa shape index (κ1) is 69.4. The topological polar surface area (TPSA) is 162 Å². The van der Waals surface area contributed by atoms with Crippen LogP contribution in [-0.4, -0.2) is 103 Å². The standard InChI is InChI=1S/3C21H22O5.2Pd/c3*1-23-18-9-15(10-19(13-18)24-2)5-7-17(22)8-6-16-11-20(25-3)14-21(12-16)26-4;;/h3*5-14H,1-4H3;;. The quantitative estimate of drug-likeness (QED) is 0.0391. The molecule has 6 aromatic carbocycles. The number of hydrogen-bond donors (Lipinski definition) is 0. The predicted octanol–water partition coefficient (Wildman–Crippen LogP) is 10.5. The molecule has 0 aromatic heterocycles. The van der Waals surface area contributed by atoms with Crippen molar-refractivity contribution in [2.24, 2.45) is 0 Å². The van der Waals surface area contributed by atoms with Crippen molar-refractivity contribution in [2.45, 2.75) is 0 Å². The van der Waals surface area contributed by atoms with Crippen LogP contribution in [0.5, 0.6) is 69.0 Å². The Morgan fingerprint density at radius 1 is 0.212 bits per heavy atom. The number of benzene rings is 6. The Hall–Kier alpha value is -6.75. The molecule has 0 amide bonds. The van der Waals surface area contributed by atoms with E-state index in [1.807, 2.05) is 72.8 Å². The van der Waals surface area contributed by atoms with E-state index in [4.69, 9.17) is 56.8 Å². The largest absolute Gasteiger partial charge is 0.497 e. The molecule has 6 aromatic rings. The molecule has 0 aliphatic carbocycles. The van der Waals surface area contributed by atoms with Gasteiger partial charge >= 0.3 is 0 Å². The van der Waals surface area contributed by atoms with Crippen molar-refractivity contribution in [3.05, 3.63) is 220 Å². The van der Waals surface area contributed by atoms with Crippen LogP contribution >= 0.6 is 0 Å². The maximum Gasteiger partial charge on any atom is 0.141 e.